The highest BCUT2D eigenvalue weighted by Crippen LogP contribution is 2.27. The van der Waals surface area contributed by atoms with E-state index in [4.69, 9.17) is 17.3 Å². The van der Waals surface area contributed by atoms with Crippen LogP contribution in [-0.2, 0) is 10.0 Å². The molecule has 108 valence electrons. The number of benzene rings is 1. The van der Waals surface area contributed by atoms with E-state index >= 15 is 0 Å². The van der Waals surface area contributed by atoms with Gasteiger partial charge in [0, 0.05) is 16.6 Å². The summed E-state index contributed by atoms with van der Waals surface area (Å²) in [6, 6.07) is 4.72. The van der Waals surface area contributed by atoms with Crippen LogP contribution in [0.1, 0.15) is 26.7 Å². The van der Waals surface area contributed by atoms with Gasteiger partial charge in [-0.2, -0.15) is 0 Å². The van der Waals surface area contributed by atoms with Crippen LogP contribution in [0.25, 0.3) is 0 Å². The predicted molar refractivity (Wildman–Crippen MR) is 81.8 cm³/mol. The van der Waals surface area contributed by atoms with Crippen LogP contribution in [0, 0.1) is 0 Å². The highest BCUT2D eigenvalue weighted by molar-refractivity contribution is 9.10. The first-order valence-electron chi connectivity index (χ1n) is 5.99. The van der Waals surface area contributed by atoms with Gasteiger partial charge >= 0.3 is 0 Å². The molecule has 0 aliphatic rings. The van der Waals surface area contributed by atoms with Gasteiger partial charge < -0.3 is 5.73 Å². The van der Waals surface area contributed by atoms with Crippen molar-refractivity contribution in [1.82, 2.24) is 4.72 Å². The summed E-state index contributed by atoms with van der Waals surface area (Å²) in [5.41, 5.74) is 5.08. The Labute approximate surface area is 127 Å². The highest BCUT2D eigenvalue weighted by Gasteiger charge is 2.31. The van der Waals surface area contributed by atoms with Gasteiger partial charge in [-0.05, 0) is 31.0 Å². The van der Waals surface area contributed by atoms with E-state index < -0.39 is 15.6 Å². The fourth-order valence-electron chi connectivity index (χ4n) is 1.75. The third-order valence-corrected chi connectivity index (χ3v) is 5.83. The molecule has 0 unspecified atom stereocenters. The van der Waals surface area contributed by atoms with Crippen molar-refractivity contribution in [2.45, 2.75) is 37.1 Å². The summed E-state index contributed by atoms with van der Waals surface area (Å²) in [5.74, 6) is 0. The molecule has 0 aliphatic heterocycles. The Balaban J connectivity index is 3.21. The van der Waals surface area contributed by atoms with Crippen LogP contribution in [0.5, 0.6) is 0 Å². The monoisotopic (exact) mass is 368 g/mol. The molecule has 0 saturated heterocycles. The number of hydrogen-bond donors (Lipinski definition) is 2. The zero-order valence-corrected chi connectivity index (χ0v) is 14.1. The van der Waals surface area contributed by atoms with Crippen molar-refractivity contribution >= 4 is 37.6 Å². The van der Waals surface area contributed by atoms with E-state index in [1.54, 1.807) is 12.1 Å². The Hall–Kier alpha value is -0.140. The second kappa shape index (κ2) is 6.54. The smallest absolute Gasteiger partial charge is 0.242 e. The molecule has 0 saturated carbocycles. The Bertz CT molecular complexity index is 536. The summed E-state index contributed by atoms with van der Waals surface area (Å²) in [6.07, 6.45) is 1.23. The first-order chi connectivity index (χ1) is 8.80. The number of hydrogen-bond acceptors (Lipinski definition) is 3. The van der Waals surface area contributed by atoms with Crippen LogP contribution >= 0.6 is 27.5 Å². The van der Waals surface area contributed by atoms with Crippen molar-refractivity contribution in [2.24, 2.45) is 5.73 Å². The normalized spacial score (nSPS) is 12.7. The quantitative estimate of drug-likeness (QED) is 0.810. The van der Waals surface area contributed by atoms with Gasteiger partial charge in [0.15, 0.2) is 0 Å². The highest BCUT2D eigenvalue weighted by atomic mass is 79.9. The molecule has 3 N–H and O–H groups in total. The molecule has 0 fully saturated rings. The van der Waals surface area contributed by atoms with E-state index in [1.165, 1.54) is 6.07 Å². The SMILES string of the molecule is CCC(CC)(CN)NS(=O)(=O)c1cc(Br)ccc1Cl. The van der Waals surface area contributed by atoms with E-state index in [1.807, 2.05) is 13.8 Å². The molecular formula is C12H18BrClN2O2S. The largest absolute Gasteiger partial charge is 0.329 e. The summed E-state index contributed by atoms with van der Waals surface area (Å²) < 4.78 is 28.2. The second-order valence-electron chi connectivity index (χ2n) is 4.37. The Morgan fingerprint density at radius 2 is 1.95 bits per heavy atom. The van der Waals surface area contributed by atoms with Gasteiger partial charge in [0.2, 0.25) is 10.0 Å². The Kier molecular flexibility index (Phi) is 5.82. The molecule has 0 spiro atoms. The first-order valence-corrected chi connectivity index (χ1v) is 8.64. The van der Waals surface area contributed by atoms with Crippen molar-refractivity contribution < 1.29 is 8.42 Å². The molecule has 19 heavy (non-hydrogen) atoms. The maximum atomic E-state index is 12.4. The van der Waals surface area contributed by atoms with Crippen molar-refractivity contribution in [3.63, 3.8) is 0 Å². The lowest BCUT2D eigenvalue weighted by Crippen LogP contribution is -2.52. The van der Waals surface area contributed by atoms with Crippen LogP contribution in [0.15, 0.2) is 27.6 Å². The van der Waals surface area contributed by atoms with E-state index in [-0.39, 0.29) is 16.5 Å². The summed E-state index contributed by atoms with van der Waals surface area (Å²) >= 11 is 9.21. The van der Waals surface area contributed by atoms with Crippen molar-refractivity contribution in [3.8, 4) is 0 Å². The van der Waals surface area contributed by atoms with Crippen LogP contribution in [0.3, 0.4) is 0 Å². The lowest BCUT2D eigenvalue weighted by Gasteiger charge is -2.31. The maximum Gasteiger partial charge on any atom is 0.242 e. The summed E-state index contributed by atoms with van der Waals surface area (Å²) in [5, 5.41) is 0.189. The van der Waals surface area contributed by atoms with Gasteiger partial charge in [0.1, 0.15) is 4.90 Å². The Morgan fingerprint density at radius 3 is 2.42 bits per heavy atom. The number of halogens is 2. The van der Waals surface area contributed by atoms with Crippen molar-refractivity contribution in [2.75, 3.05) is 6.54 Å². The van der Waals surface area contributed by atoms with Crippen LogP contribution < -0.4 is 10.5 Å². The van der Waals surface area contributed by atoms with E-state index in [0.717, 1.165) is 0 Å². The number of rotatable bonds is 6. The molecule has 1 rings (SSSR count). The summed E-state index contributed by atoms with van der Waals surface area (Å²) in [6.45, 7) is 4.05. The standard InChI is InChI=1S/C12H18BrClN2O2S/c1-3-12(4-2,8-15)16-19(17,18)11-7-9(13)5-6-10(11)14/h5-7,16H,3-4,8,15H2,1-2H3. The molecule has 0 heterocycles. The van der Waals surface area contributed by atoms with Gasteiger partial charge in [-0.15, -0.1) is 0 Å². The molecule has 0 atom stereocenters. The minimum absolute atomic E-state index is 0.0586. The Morgan fingerprint density at radius 1 is 1.37 bits per heavy atom. The van der Waals surface area contributed by atoms with Gasteiger partial charge in [0.25, 0.3) is 0 Å². The minimum atomic E-state index is -3.70. The predicted octanol–water partition coefficient (Wildman–Crippen LogP) is 2.90. The van der Waals surface area contributed by atoms with Crippen LogP contribution in [0.4, 0.5) is 0 Å². The minimum Gasteiger partial charge on any atom is -0.329 e. The first kappa shape index (κ1) is 16.9. The molecule has 1 aromatic rings. The summed E-state index contributed by atoms with van der Waals surface area (Å²) in [4.78, 5) is 0.0586. The molecule has 1 aromatic carbocycles. The van der Waals surface area contributed by atoms with Crippen molar-refractivity contribution in [3.05, 3.63) is 27.7 Å². The van der Waals surface area contributed by atoms with Gasteiger partial charge in [-0.1, -0.05) is 41.4 Å². The molecule has 0 amide bonds. The molecular weight excluding hydrogens is 352 g/mol. The third kappa shape index (κ3) is 3.92. The molecule has 7 heteroatoms. The molecule has 0 aromatic heterocycles. The zero-order chi connectivity index (χ0) is 14.7. The van der Waals surface area contributed by atoms with Crippen molar-refractivity contribution in [1.29, 1.82) is 0 Å². The average Bonchev–Trinajstić information content (AvgIpc) is 2.39. The maximum absolute atomic E-state index is 12.4. The lowest BCUT2D eigenvalue weighted by molar-refractivity contribution is 0.363. The second-order valence-corrected chi connectivity index (χ2v) is 7.35. The average molecular weight is 370 g/mol. The molecule has 0 aliphatic carbocycles. The van der Waals surface area contributed by atoms with E-state index in [9.17, 15) is 8.42 Å². The molecule has 4 nitrogen and oxygen atoms in total. The fraction of sp³-hybridized carbons (Fsp3) is 0.500. The fourth-order valence-corrected chi connectivity index (χ4v) is 4.34. The van der Waals surface area contributed by atoms with Gasteiger partial charge in [-0.25, -0.2) is 13.1 Å². The van der Waals surface area contributed by atoms with E-state index in [2.05, 4.69) is 20.7 Å². The third-order valence-electron chi connectivity index (χ3n) is 3.28. The summed E-state index contributed by atoms with van der Waals surface area (Å²) in [7, 11) is -3.70. The number of nitrogens with two attached hydrogens (primary N) is 1. The van der Waals surface area contributed by atoms with Crippen LogP contribution in [0.2, 0.25) is 5.02 Å². The number of sulfonamides is 1. The topological polar surface area (TPSA) is 72.2 Å². The lowest BCUT2D eigenvalue weighted by atomic mass is 9.95. The van der Waals surface area contributed by atoms with Gasteiger partial charge in [0.05, 0.1) is 5.02 Å². The number of nitrogens with one attached hydrogen (secondary N) is 1. The zero-order valence-electron chi connectivity index (χ0n) is 10.9. The molecule has 0 bridgehead atoms. The molecule has 0 radical (unpaired) electrons. The van der Waals surface area contributed by atoms with E-state index in [0.29, 0.717) is 17.3 Å². The van der Waals surface area contributed by atoms with Crippen LogP contribution in [-0.4, -0.2) is 20.5 Å². The van der Waals surface area contributed by atoms with Gasteiger partial charge in [-0.3, -0.25) is 0 Å².